The van der Waals surface area contributed by atoms with Gasteiger partial charge in [0.25, 0.3) is 0 Å². The first-order valence-corrected chi connectivity index (χ1v) is 8.36. The van der Waals surface area contributed by atoms with Gasteiger partial charge in [-0.05, 0) is 38.0 Å². The van der Waals surface area contributed by atoms with Crippen LogP contribution in [0.5, 0.6) is 0 Å². The maximum Gasteiger partial charge on any atom is 0.151 e. The Bertz CT molecular complexity index is 358. The number of sulfone groups is 1. The molecule has 2 N–H and O–H groups in total. The van der Waals surface area contributed by atoms with Crippen molar-refractivity contribution < 1.29 is 13.5 Å². The second-order valence-corrected chi connectivity index (χ2v) is 8.09. The predicted molar refractivity (Wildman–Crippen MR) is 67.6 cm³/mol. The summed E-state index contributed by atoms with van der Waals surface area (Å²) in [5.41, 5.74) is -0.225. The van der Waals surface area contributed by atoms with Gasteiger partial charge in [0.15, 0.2) is 9.84 Å². The number of hydrogen-bond acceptors (Lipinski definition) is 4. The number of aliphatic hydroxyl groups is 1. The second-order valence-electron chi connectivity index (χ2n) is 5.87. The highest BCUT2D eigenvalue weighted by Crippen LogP contribution is 2.32. The SMILES string of the molecule is CC1CCC(CO)(NC2CCS(=O)(=O)C2)CC1. The van der Waals surface area contributed by atoms with Gasteiger partial charge in [-0.25, -0.2) is 8.42 Å². The van der Waals surface area contributed by atoms with Crippen molar-refractivity contribution in [1.29, 1.82) is 0 Å². The highest BCUT2D eigenvalue weighted by molar-refractivity contribution is 7.91. The zero-order chi connectivity index (χ0) is 12.5. The van der Waals surface area contributed by atoms with Crippen LogP contribution in [0.4, 0.5) is 0 Å². The number of rotatable bonds is 3. The van der Waals surface area contributed by atoms with Crippen LogP contribution in [0.1, 0.15) is 39.0 Å². The Morgan fingerprint density at radius 3 is 2.41 bits per heavy atom. The van der Waals surface area contributed by atoms with Crippen LogP contribution in [-0.4, -0.2) is 43.2 Å². The first-order valence-electron chi connectivity index (χ1n) is 6.54. The lowest BCUT2D eigenvalue weighted by molar-refractivity contribution is 0.0968. The highest BCUT2D eigenvalue weighted by atomic mass is 32.2. The third-order valence-electron chi connectivity index (χ3n) is 4.28. The normalized spacial score (nSPS) is 41.5. The van der Waals surface area contributed by atoms with Crippen molar-refractivity contribution in [2.75, 3.05) is 18.1 Å². The molecule has 2 aliphatic rings. The average Bonchev–Trinajstić information content (AvgIpc) is 2.62. The van der Waals surface area contributed by atoms with E-state index in [0.717, 1.165) is 31.6 Å². The van der Waals surface area contributed by atoms with Crippen LogP contribution >= 0.6 is 0 Å². The van der Waals surface area contributed by atoms with Gasteiger partial charge in [0, 0.05) is 11.6 Å². The van der Waals surface area contributed by atoms with Gasteiger partial charge in [0.1, 0.15) is 0 Å². The van der Waals surface area contributed by atoms with Crippen molar-refractivity contribution in [2.24, 2.45) is 5.92 Å². The third kappa shape index (κ3) is 3.20. The van der Waals surface area contributed by atoms with Crippen LogP contribution in [0.15, 0.2) is 0 Å². The molecule has 1 aliphatic heterocycles. The molecule has 4 nitrogen and oxygen atoms in total. The van der Waals surface area contributed by atoms with Gasteiger partial charge in [0.05, 0.1) is 18.1 Å². The van der Waals surface area contributed by atoms with Gasteiger partial charge in [-0.3, -0.25) is 0 Å². The Morgan fingerprint density at radius 1 is 1.29 bits per heavy atom. The Balaban J connectivity index is 1.96. The summed E-state index contributed by atoms with van der Waals surface area (Å²) in [6.45, 7) is 2.36. The molecule has 1 heterocycles. The molecule has 1 saturated heterocycles. The summed E-state index contributed by atoms with van der Waals surface area (Å²) in [5, 5.41) is 13.0. The highest BCUT2D eigenvalue weighted by Gasteiger charge is 2.38. The van der Waals surface area contributed by atoms with E-state index < -0.39 is 9.84 Å². The fraction of sp³-hybridized carbons (Fsp3) is 1.00. The van der Waals surface area contributed by atoms with Crippen molar-refractivity contribution in [3.8, 4) is 0 Å². The zero-order valence-electron chi connectivity index (χ0n) is 10.5. The maximum atomic E-state index is 11.4. The molecule has 1 saturated carbocycles. The van der Waals surface area contributed by atoms with Crippen molar-refractivity contribution in [2.45, 2.75) is 50.6 Å². The van der Waals surface area contributed by atoms with Crippen LogP contribution in [-0.2, 0) is 9.84 Å². The van der Waals surface area contributed by atoms with E-state index in [1.54, 1.807) is 0 Å². The Hall–Kier alpha value is -0.130. The van der Waals surface area contributed by atoms with E-state index in [-0.39, 0.29) is 23.9 Å². The fourth-order valence-electron chi connectivity index (χ4n) is 3.00. The predicted octanol–water partition coefficient (Wildman–Crippen LogP) is 0.704. The minimum Gasteiger partial charge on any atom is -0.394 e. The topological polar surface area (TPSA) is 66.4 Å². The largest absolute Gasteiger partial charge is 0.394 e. The first kappa shape index (κ1) is 13.3. The smallest absolute Gasteiger partial charge is 0.151 e. The molecule has 1 aliphatic carbocycles. The quantitative estimate of drug-likeness (QED) is 0.785. The van der Waals surface area contributed by atoms with Gasteiger partial charge in [0.2, 0.25) is 0 Å². The molecule has 0 spiro atoms. The van der Waals surface area contributed by atoms with Crippen molar-refractivity contribution in [3.63, 3.8) is 0 Å². The summed E-state index contributed by atoms with van der Waals surface area (Å²) in [6.07, 6.45) is 4.85. The van der Waals surface area contributed by atoms with E-state index in [1.165, 1.54) is 0 Å². The monoisotopic (exact) mass is 261 g/mol. The number of hydrogen-bond donors (Lipinski definition) is 2. The lowest BCUT2D eigenvalue weighted by Gasteiger charge is -2.40. The van der Waals surface area contributed by atoms with E-state index in [1.807, 2.05) is 0 Å². The molecule has 1 unspecified atom stereocenters. The van der Waals surface area contributed by atoms with E-state index >= 15 is 0 Å². The molecule has 0 aromatic heterocycles. The van der Waals surface area contributed by atoms with Crippen LogP contribution in [0, 0.1) is 5.92 Å². The molecule has 0 amide bonds. The molecule has 2 rings (SSSR count). The van der Waals surface area contributed by atoms with E-state index in [9.17, 15) is 13.5 Å². The maximum absolute atomic E-state index is 11.4. The first-order chi connectivity index (χ1) is 7.95. The van der Waals surface area contributed by atoms with Gasteiger partial charge in [-0.1, -0.05) is 6.92 Å². The van der Waals surface area contributed by atoms with Crippen LogP contribution < -0.4 is 5.32 Å². The molecule has 0 radical (unpaired) electrons. The van der Waals surface area contributed by atoms with E-state index in [4.69, 9.17) is 0 Å². The summed E-state index contributed by atoms with van der Waals surface area (Å²) in [7, 11) is -2.84. The Kier molecular flexibility index (Phi) is 3.80. The molecule has 0 bridgehead atoms. The lowest BCUT2D eigenvalue weighted by atomic mass is 9.77. The molecule has 17 heavy (non-hydrogen) atoms. The van der Waals surface area contributed by atoms with E-state index in [2.05, 4.69) is 12.2 Å². The third-order valence-corrected chi connectivity index (χ3v) is 6.04. The number of nitrogens with one attached hydrogen (secondary N) is 1. The molecule has 5 heteroatoms. The standard InChI is InChI=1S/C12H23NO3S/c1-10-2-5-12(9-14,6-3-10)13-11-4-7-17(15,16)8-11/h10-11,13-14H,2-9H2,1H3. The summed E-state index contributed by atoms with van der Waals surface area (Å²) in [5.74, 6) is 1.26. The summed E-state index contributed by atoms with van der Waals surface area (Å²) >= 11 is 0. The summed E-state index contributed by atoms with van der Waals surface area (Å²) < 4.78 is 22.8. The van der Waals surface area contributed by atoms with Gasteiger partial charge < -0.3 is 10.4 Å². The minimum atomic E-state index is -2.84. The molecule has 1 atom stereocenters. The van der Waals surface area contributed by atoms with Crippen molar-refractivity contribution in [1.82, 2.24) is 5.32 Å². The number of aliphatic hydroxyl groups excluding tert-OH is 1. The zero-order valence-corrected chi connectivity index (χ0v) is 11.3. The molecule has 100 valence electrons. The van der Waals surface area contributed by atoms with Gasteiger partial charge in [-0.15, -0.1) is 0 Å². The summed E-state index contributed by atoms with van der Waals surface area (Å²) in [4.78, 5) is 0. The Morgan fingerprint density at radius 2 is 1.94 bits per heavy atom. The van der Waals surface area contributed by atoms with Crippen LogP contribution in [0.3, 0.4) is 0 Å². The minimum absolute atomic E-state index is 0.0422. The molecule has 0 aromatic carbocycles. The second kappa shape index (κ2) is 4.86. The molecular formula is C12H23NO3S. The van der Waals surface area contributed by atoms with Crippen LogP contribution in [0.25, 0.3) is 0 Å². The van der Waals surface area contributed by atoms with Gasteiger partial charge in [-0.2, -0.15) is 0 Å². The molecule has 2 fully saturated rings. The summed E-state index contributed by atoms with van der Waals surface area (Å²) in [6, 6.07) is 0.0422. The van der Waals surface area contributed by atoms with Crippen LogP contribution in [0.2, 0.25) is 0 Å². The molecule has 0 aromatic rings. The lowest BCUT2D eigenvalue weighted by Crippen LogP contribution is -2.55. The Labute approximate surface area is 104 Å². The van der Waals surface area contributed by atoms with E-state index in [0.29, 0.717) is 12.2 Å². The van der Waals surface area contributed by atoms with Gasteiger partial charge >= 0.3 is 0 Å². The molecular weight excluding hydrogens is 238 g/mol. The van der Waals surface area contributed by atoms with Crippen molar-refractivity contribution >= 4 is 9.84 Å². The fourth-order valence-corrected chi connectivity index (χ4v) is 4.68. The average molecular weight is 261 g/mol. The van der Waals surface area contributed by atoms with Crippen molar-refractivity contribution in [3.05, 3.63) is 0 Å².